The predicted molar refractivity (Wildman–Crippen MR) is 148 cm³/mol. The summed E-state index contributed by atoms with van der Waals surface area (Å²) in [6.45, 7) is 2.43. The Bertz CT molecular complexity index is 1050. The van der Waals surface area contributed by atoms with Gasteiger partial charge < -0.3 is 9.47 Å². The SMILES string of the molecule is COC(=O)C1=C(C(=O)OC)P2(=S)C3=C(CCCCCC3)C1(C1(C)CCCCC1)C1=C2CCCCCC1. The van der Waals surface area contributed by atoms with Crippen LogP contribution in [-0.2, 0) is 30.9 Å². The molecule has 0 spiro atoms. The van der Waals surface area contributed by atoms with E-state index in [1.165, 1.54) is 80.9 Å². The van der Waals surface area contributed by atoms with E-state index < -0.39 is 11.5 Å². The van der Waals surface area contributed by atoms with Crippen molar-refractivity contribution in [1.29, 1.82) is 0 Å². The summed E-state index contributed by atoms with van der Waals surface area (Å²) in [4.78, 5) is 27.8. The summed E-state index contributed by atoms with van der Waals surface area (Å²) >= 11 is 6.82. The standard InChI is InChI=1S/C30H43O4PS/c1-29(19-13-8-14-20-29)30-21-15-9-4-6-11-17-23(21)35(36,24-18-12-7-5-10-16-22(24)30)26(28(32)34-3)25(30)27(31)33-2/h4-20H2,1-3H3. The number of carbonyl (C=O) groups excluding carboxylic acids is 2. The maximum Gasteiger partial charge on any atom is 0.340 e. The first-order chi connectivity index (χ1) is 17.4. The van der Waals surface area contributed by atoms with Gasteiger partial charge in [-0.2, -0.15) is 0 Å². The van der Waals surface area contributed by atoms with Crippen LogP contribution in [-0.4, -0.2) is 26.2 Å². The second kappa shape index (κ2) is 10.2. The number of esters is 2. The zero-order valence-corrected chi connectivity index (χ0v) is 24.2. The molecule has 3 aliphatic heterocycles. The first-order valence-electron chi connectivity index (χ1n) is 14.4. The molecule has 36 heavy (non-hydrogen) atoms. The molecule has 0 saturated heterocycles. The molecular formula is C30H43O4PS. The second-order valence-electron chi connectivity index (χ2n) is 11.9. The molecule has 0 radical (unpaired) electrons. The number of carbonyl (C=O) groups is 2. The molecule has 6 rings (SSSR count). The highest BCUT2D eigenvalue weighted by Gasteiger charge is 2.67. The van der Waals surface area contributed by atoms with Crippen molar-refractivity contribution < 1.29 is 19.1 Å². The van der Waals surface area contributed by atoms with Gasteiger partial charge in [0.25, 0.3) is 0 Å². The fourth-order valence-electron chi connectivity index (χ4n) is 8.66. The van der Waals surface area contributed by atoms with Gasteiger partial charge in [0.2, 0.25) is 0 Å². The van der Waals surface area contributed by atoms with Crippen LogP contribution in [0.25, 0.3) is 0 Å². The third kappa shape index (κ3) is 3.62. The van der Waals surface area contributed by atoms with Gasteiger partial charge >= 0.3 is 11.9 Å². The summed E-state index contributed by atoms with van der Waals surface area (Å²) in [5, 5.41) is 3.31. The largest absolute Gasteiger partial charge is 0.466 e. The van der Waals surface area contributed by atoms with Crippen molar-refractivity contribution in [1.82, 2.24) is 0 Å². The highest BCUT2D eigenvalue weighted by molar-refractivity contribution is 8.21. The number of rotatable bonds is 3. The summed E-state index contributed by atoms with van der Waals surface area (Å²) in [7, 11) is 2.92. The van der Waals surface area contributed by atoms with Crippen LogP contribution in [0.3, 0.4) is 0 Å². The van der Waals surface area contributed by atoms with E-state index in [1.807, 2.05) is 0 Å². The lowest BCUT2D eigenvalue weighted by molar-refractivity contribution is -0.140. The van der Waals surface area contributed by atoms with Gasteiger partial charge in [0, 0.05) is 6.04 Å². The molecule has 0 aromatic carbocycles. The van der Waals surface area contributed by atoms with Crippen molar-refractivity contribution in [3.63, 3.8) is 0 Å². The molecule has 0 N–H and O–H groups in total. The molecule has 4 nitrogen and oxygen atoms in total. The summed E-state index contributed by atoms with van der Waals surface area (Å²) in [6.07, 6.45) is 19.0. The Morgan fingerprint density at radius 2 is 1.14 bits per heavy atom. The Morgan fingerprint density at radius 3 is 1.61 bits per heavy atom. The summed E-state index contributed by atoms with van der Waals surface area (Å²) in [5.74, 6) is -0.733. The van der Waals surface area contributed by atoms with Crippen LogP contribution in [0.2, 0.25) is 0 Å². The van der Waals surface area contributed by atoms with Crippen molar-refractivity contribution in [2.75, 3.05) is 14.2 Å². The minimum atomic E-state index is -2.62. The van der Waals surface area contributed by atoms with Gasteiger partial charge in [-0.3, -0.25) is 0 Å². The summed E-state index contributed by atoms with van der Waals surface area (Å²) in [5.41, 5.74) is 2.80. The highest BCUT2D eigenvalue weighted by atomic mass is 32.4. The molecular weight excluding hydrogens is 487 g/mol. The Hall–Kier alpha value is -1.19. The van der Waals surface area contributed by atoms with E-state index in [0.717, 1.165) is 64.2 Å². The lowest BCUT2D eigenvalue weighted by Crippen LogP contribution is -2.53. The van der Waals surface area contributed by atoms with Gasteiger partial charge in [-0.25, -0.2) is 9.59 Å². The maximum absolute atomic E-state index is 14.0. The monoisotopic (exact) mass is 530 g/mol. The van der Waals surface area contributed by atoms with Crippen LogP contribution in [0.4, 0.5) is 0 Å². The van der Waals surface area contributed by atoms with Gasteiger partial charge in [0.1, 0.15) is 0 Å². The van der Waals surface area contributed by atoms with Crippen molar-refractivity contribution in [3.05, 3.63) is 32.7 Å². The predicted octanol–water partition coefficient (Wildman–Crippen LogP) is 8.27. The van der Waals surface area contributed by atoms with Gasteiger partial charge in [0.05, 0.1) is 30.5 Å². The van der Waals surface area contributed by atoms with E-state index in [4.69, 9.17) is 21.3 Å². The molecule has 3 aliphatic carbocycles. The molecule has 0 unspecified atom stereocenters. The van der Waals surface area contributed by atoms with Gasteiger partial charge in [-0.05, 0) is 91.4 Å². The first kappa shape index (κ1) is 26.4. The number of ether oxygens (including phenoxy) is 2. The number of hydrogen-bond acceptors (Lipinski definition) is 5. The lowest BCUT2D eigenvalue weighted by Gasteiger charge is -2.62. The summed E-state index contributed by atoms with van der Waals surface area (Å²) < 4.78 is 11.0. The van der Waals surface area contributed by atoms with Gasteiger partial charge in [-0.1, -0.05) is 63.7 Å². The van der Waals surface area contributed by atoms with Crippen molar-refractivity contribution in [3.8, 4) is 0 Å². The fraction of sp³-hybridized carbons (Fsp3) is 0.733. The van der Waals surface area contributed by atoms with Crippen LogP contribution in [0, 0.1) is 10.8 Å². The van der Waals surface area contributed by atoms with Crippen LogP contribution >= 0.6 is 6.04 Å². The molecule has 6 heteroatoms. The van der Waals surface area contributed by atoms with Crippen molar-refractivity contribution in [2.45, 2.75) is 116 Å². The fourth-order valence-corrected chi connectivity index (χ4v) is 14.4. The van der Waals surface area contributed by atoms with Crippen LogP contribution in [0.15, 0.2) is 32.7 Å². The third-order valence-electron chi connectivity index (χ3n) is 10.1. The minimum Gasteiger partial charge on any atom is -0.466 e. The molecule has 2 bridgehead atoms. The van der Waals surface area contributed by atoms with E-state index >= 15 is 0 Å². The quantitative estimate of drug-likeness (QED) is 0.271. The normalized spacial score (nSPS) is 32.5. The lowest BCUT2D eigenvalue weighted by atomic mass is 9.47. The summed E-state index contributed by atoms with van der Waals surface area (Å²) in [6, 6.07) is -2.62. The third-order valence-corrected chi connectivity index (χ3v) is 15.5. The molecule has 6 aliphatic rings. The van der Waals surface area contributed by atoms with Crippen LogP contribution in [0.5, 0.6) is 0 Å². The first-order valence-corrected chi connectivity index (χ1v) is 17.2. The van der Waals surface area contributed by atoms with E-state index in [1.54, 1.807) is 0 Å². The number of allylic oxidation sites excluding steroid dienone is 4. The average Bonchev–Trinajstić information content (AvgIpc) is 2.83. The molecule has 0 amide bonds. The van der Waals surface area contributed by atoms with Gasteiger partial charge in [0.15, 0.2) is 0 Å². The average molecular weight is 531 g/mol. The zero-order valence-electron chi connectivity index (χ0n) is 22.5. The Kier molecular flexibility index (Phi) is 7.47. The number of hydrogen-bond donors (Lipinski definition) is 0. The van der Waals surface area contributed by atoms with Crippen molar-refractivity contribution in [2.24, 2.45) is 10.8 Å². The van der Waals surface area contributed by atoms with Crippen LogP contribution < -0.4 is 0 Å². The molecule has 3 heterocycles. The molecule has 0 aromatic heterocycles. The van der Waals surface area contributed by atoms with E-state index in [9.17, 15) is 9.59 Å². The Labute approximate surface area is 222 Å². The van der Waals surface area contributed by atoms with E-state index in [-0.39, 0.29) is 17.4 Å². The van der Waals surface area contributed by atoms with Crippen LogP contribution in [0.1, 0.15) is 116 Å². The molecule has 198 valence electrons. The topological polar surface area (TPSA) is 52.6 Å². The Balaban J connectivity index is 1.95. The zero-order chi connectivity index (χ0) is 25.6. The molecule has 1 fully saturated rings. The van der Waals surface area contributed by atoms with Crippen molar-refractivity contribution >= 4 is 29.8 Å². The number of methoxy groups -OCH3 is 2. The minimum absolute atomic E-state index is 0.130. The van der Waals surface area contributed by atoms with E-state index in [0.29, 0.717) is 10.9 Å². The van der Waals surface area contributed by atoms with E-state index in [2.05, 4.69) is 6.92 Å². The van der Waals surface area contributed by atoms with Gasteiger partial charge in [-0.15, -0.1) is 0 Å². The molecule has 0 aromatic rings. The second-order valence-corrected chi connectivity index (χ2v) is 16.3. The maximum atomic E-state index is 14.0. The molecule has 0 atom stereocenters. The molecule has 1 saturated carbocycles. The highest BCUT2D eigenvalue weighted by Crippen LogP contribution is 2.85. The smallest absolute Gasteiger partial charge is 0.340 e. The Morgan fingerprint density at radius 1 is 0.694 bits per heavy atom.